The molecule has 0 saturated carbocycles. The predicted molar refractivity (Wildman–Crippen MR) is 104 cm³/mol. The molecule has 1 N–H and O–H groups in total. The molecule has 0 atom stereocenters. The average Bonchev–Trinajstić information content (AvgIpc) is 3.23. The fraction of sp³-hybridized carbons (Fsp3) is 0.182. The third-order valence-electron chi connectivity index (χ3n) is 3.93. The Labute approximate surface area is 158 Å². The highest BCUT2D eigenvalue weighted by atomic mass is 16.5. The third-order valence-corrected chi connectivity index (χ3v) is 3.93. The van der Waals surface area contributed by atoms with Crippen LogP contribution in [0.25, 0.3) is 6.08 Å². The van der Waals surface area contributed by atoms with Crippen molar-refractivity contribution in [3.8, 4) is 5.75 Å². The van der Waals surface area contributed by atoms with Gasteiger partial charge >= 0.3 is 5.97 Å². The molecule has 0 amide bonds. The molecule has 0 aliphatic rings. The Hall–Kier alpha value is -3.34. The number of aryl methyl sites for hydroxylation is 1. The molecule has 5 heteroatoms. The number of H-pyrrole nitrogens is 1. The fourth-order valence-electron chi connectivity index (χ4n) is 2.52. The maximum Gasteiger partial charge on any atom is 0.330 e. The summed E-state index contributed by atoms with van der Waals surface area (Å²) < 4.78 is 11.0. The lowest BCUT2D eigenvalue weighted by molar-refractivity contribution is -0.137. The molecule has 1 heterocycles. The summed E-state index contributed by atoms with van der Waals surface area (Å²) in [5.41, 5.74) is 3.10. The van der Waals surface area contributed by atoms with E-state index >= 15 is 0 Å². The standard InChI is InChI=1S/C22H22N2O3/c25-22(26-13-5-9-20-15-23-24-16-20)12-11-18-8-4-10-21(14-18)27-17-19-6-2-1-3-7-19/h1-4,6-8,10-12,14-16H,5,9,13,17H2,(H,23,24)/b12-11+. The van der Waals surface area contributed by atoms with Gasteiger partial charge in [0.25, 0.3) is 0 Å². The summed E-state index contributed by atoms with van der Waals surface area (Å²) in [7, 11) is 0. The minimum atomic E-state index is -0.349. The Morgan fingerprint density at radius 1 is 1.07 bits per heavy atom. The Balaban J connectivity index is 1.43. The van der Waals surface area contributed by atoms with Crippen LogP contribution in [0.15, 0.2) is 73.1 Å². The Bertz CT molecular complexity index is 858. The van der Waals surface area contributed by atoms with Crippen LogP contribution in [0.3, 0.4) is 0 Å². The van der Waals surface area contributed by atoms with Gasteiger partial charge in [-0.2, -0.15) is 5.10 Å². The number of benzene rings is 2. The van der Waals surface area contributed by atoms with Gasteiger partial charge in [-0.1, -0.05) is 42.5 Å². The monoisotopic (exact) mass is 362 g/mol. The van der Waals surface area contributed by atoms with Gasteiger partial charge in [0.15, 0.2) is 0 Å². The van der Waals surface area contributed by atoms with Crippen LogP contribution in [0, 0.1) is 0 Å². The molecule has 138 valence electrons. The number of aromatic amines is 1. The normalized spacial score (nSPS) is 10.8. The first-order valence-corrected chi connectivity index (χ1v) is 8.89. The molecule has 0 fully saturated rings. The summed E-state index contributed by atoms with van der Waals surface area (Å²) in [5, 5.41) is 6.64. The van der Waals surface area contributed by atoms with Crippen molar-refractivity contribution in [2.24, 2.45) is 0 Å². The molecule has 1 aromatic heterocycles. The van der Waals surface area contributed by atoms with Crippen molar-refractivity contribution in [2.75, 3.05) is 6.61 Å². The number of rotatable bonds is 9. The molecule has 27 heavy (non-hydrogen) atoms. The van der Waals surface area contributed by atoms with E-state index in [4.69, 9.17) is 9.47 Å². The summed E-state index contributed by atoms with van der Waals surface area (Å²) in [4.78, 5) is 11.8. The first kappa shape index (κ1) is 18.5. The predicted octanol–water partition coefficient (Wildman–Crippen LogP) is 4.18. The molecule has 0 aliphatic heterocycles. The maximum absolute atomic E-state index is 11.8. The number of hydrogen-bond acceptors (Lipinski definition) is 4. The van der Waals surface area contributed by atoms with Gasteiger partial charge in [0.05, 0.1) is 12.8 Å². The fourth-order valence-corrected chi connectivity index (χ4v) is 2.52. The van der Waals surface area contributed by atoms with E-state index in [1.54, 1.807) is 12.3 Å². The highest BCUT2D eigenvalue weighted by molar-refractivity contribution is 5.87. The molecule has 0 bridgehead atoms. The number of hydrogen-bond donors (Lipinski definition) is 1. The Morgan fingerprint density at radius 3 is 2.78 bits per heavy atom. The van der Waals surface area contributed by atoms with Crippen LogP contribution in [0.1, 0.15) is 23.1 Å². The van der Waals surface area contributed by atoms with Crippen LogP contribution in [0.2, 0.25) is 0 Å². The second kappa shape index (κ2) is 9.97. The van der Waals surface area contributed by atoms with Crippen LogP contribution in [-0.2, 0) is 22.6 Å². The zero-order chi connectivity index (χ0) is 18.7. The molecule has 0 unspecified atom stereocenters. The van der Waals surface area contributed by atoms with Crippen molar-refractivity contribution in [3.05, 3.63) is 89.8 Å². The van der Waals surface area contributed by atoms with Crippen LogP contribution in [0.4, 0.5) is 0 Å². The molecule has 3 aromatic rings. The van der Waals surface area contributed by atoms with E-state index in [1.165, 1.54) is 6.08 Å². The van der Waals surface area contributed by atoms with Crippen LogP contribution >= 0.6 is 0 Å². The largest absolute Gasteiger partial charge is 0.489 e. The number of carbonyl (C=O) groups is 1. The number of carbonyl (C=O) groups excluding carboxylic acids is 1. The molecule has 2 aromatic carbocycles. The highest BCUT2D eigenvalue weighted by Gasteiger charge is 2.00. The number of aromatic nitrogens is 2. The van der Waals surface area contributed by atoms with Crippen molar-refractivity contribution in [3.63, 3.8) is 0 Å². The summed E-state index contributed by atoms with van der Waals surface area (Å²) in [6.45, 7) is 0.890. The van der Waals surface area contributed by atoms with E-state index < -0.39 is 0 Å². The van der Waals surface area contributed by atoms with Gasteiger partial charge in [-0.05, 0) is 47.7 Å². The van der Waals surface area contributed by atoms with Gasteiger partial charge in [0, 0.05) is 12.3 Å². The summed E-state index contributed by atoms with van der Waals surface area (Å²) in [6, 6.07) is 17.6. The van der Waals surface area contributed by atoms with Gasteiger partial charge in [0.2, 0.25) is 0 Å². The SMILES string of the molecule is O=C(/C=C/c1cccc(OCc2ccccc2)c1)OCCCc1cn[nH]c1. The first-order chi connectivity index (χ1) is 13.3. The lowest BCUT2D eigenvalue weighted by Gasteiger charge is -2.07. The van der Waals surface area contributed by atoms with Crippen molar-refractivity contribution in [1.29, 1.82) is 0 Å². The molecule has 5 nitrogen and oxygen atoms in total. The van der Waals surface area contributed by atoms with Crippen molar-refractivity contribution >= 4 is 12.0 Å². The average molecular weight is 362 g/mol. The molecule has 0 aliphatic carbocycles. The minimum Gasteiger partial charge on any atom is -0.489 e. The minimum absolute atomic E-state index is 0.349. The Morgan fingerprint density at radius 2 is 1.96 bits per heavy atom. The molecule has 0 radical (unpaired) electrons. The van der Waals surface area contributed by atoms with Crippen LogP contribution in [-0.4, -0.2) is 22.8 Å². The van der Waals surface area contributed by atoms with Crippen LogP contribution in [0.5, 0.6) is 5.75 Å². The summed E-state index contributed by atoms with van der Waals surface area (Å²) in [6.07, 6.45) is 8.38. The van der Waals surface area contributed by atoms with Gasteiger partial charge in [-0.3, -0.25) is 5.10 Å². The number of ether oxygens (including phenoxy) is 2. The Kier molecular flexibility index (Phi) is 6.81. The summed E-state index contributed by atoms with van der Waals surface area (Å²) in [5.74, 6) is 0.410. The van der Waals surface area contributed by atoms with Gasteiger partial charge in [0.1, 0.15) is 12.4 Å². The van der Waals surface area contributed by atoms with Gasteiger partial charge in [-0.15, -0.1) is 0 Å². The molecular weight excluding hydrogens is 340 g/mol. The second-order valence-electron chi connectivity index (χ2n) is 6.06. The second-order valence-corrected chi connectivity index (χ2v) is 6.06. The van der Waals surface area contributed by atoms with E-state index in [-0.39, 0.29) is 5.97 Å². The van der Waals surface area contributed by atoms with E-state index in [1.807, 2.05) is 60.8 Å². The van der Waals surface area contributed by atoms with Crippen LogP contribution < -0.4 is 4.74 Å². The molecule has 3 rings (SSSR count). The number of nitrogens with zero attached hydrogens (tertiary/aromatic N) is 1. The van der Waals surface area contributed by atoms with E-state index in [9.17, 15) is 4.79 Å². The topological polar surface area (TPSA) is 64.2 Å². The maximum atomic E-state index is 11.8. The first-order valence-electron chi connectivity index (χ1n) is 8.89. The molecule has 0 saturated heterocycles. The number of nitrogens with one attached hydrogen (secondary N) is 1. The lowest BCUT2D eigenvalue weighted by atomic mass is 10.2. The van der Waals surface area contributed by atoms with Crippen molar-refractivity contribution in [1.82, 2.24) is 10.2 Å². The van der Waals surface area contributed by atoms with E-state index in [2.05, 4.69) is 10.2 Å². The van der Waals surface area contributed by atoms with E-state index in [0.29, 0.717) is 13.2 Å². The molecule has 0 spiro atoms. The van der Waals surface area contributed by atoms with Gasteiger partial charge < -0.3 is 9.47 Å². The van der Waals surface area contributed by atoms with Gasteiger partial charge in [-0.25, -0.2) is 4.79 Å². The number of esters is 1. The third kappa shape index (κ3) is 6.47. The summed E-state index contributed by atoms with van der Waals surface area (Å²) >= 11 is 0. The zero-order valence-electron chi connectivity index (χ0n) is 15.0. The highest BCUT2D eigenvalue weighted by Crippen LogP contribution is 2.16. The van der Waals surface area contributed by atoms with E-state index in [0.717, 1.165) is 35.3 Å². The van der Waals surface area contributed by atoms with Crippen molar-refractivity contribution in [2.45, 2.75) is 19.4 Å². The zero-order valence-corrected chi connectivity index (χ0v) is 15.0. The quantitative estimate of drug-likeness (QED) is 0.352. The smallest absolute Gasteiger partial charge is 0.330 e. The lowest BCUT2D eigenvalue weighted by Crippen LogP contribution is -2.03. The molecular formula is C22H22N2O3. The van der Waals surface area contributed by atoms with Crippen molar-refractivity contribution < 1.29 is 14.3 Å².